The Morgan fingerprint density at radius 2 is 2.20 bits per heavy atom. The molecule has 0 unspecified atom stereocenters. The van der Waals surface area contributed by atoms with Crippen LogP contribution in [0.15, 0.2) is 0 Å². The second-order valence-corrected chi connectivity index (χ2v) is 3.92. The zero-order valence-electron chi connectivity index (χ0n) is 5.32. The van der Waals surface area contributed by atoms with Crippen molar-refractivity contribution >= 4 is 23.4 Å². The summed E-state index contributed by atoms with van der Waals surface area (Å²) in [6.07, 6.45) is -2.04. The van der Waals surface area contributed by atoms with Gasteiger partial charge in [0, 0.05) is 0 Å². The molecule has 1 radical (unpaired) electrons. The van der Waals surface area contributed by atoms with E-state index in [1.807, 2.05) is 0 Å². The van der Waals surface area contributed by atoms with E-state index >= 15 is 0 Å². The average Bonchev–Trinajstić information content (AvgIpc) is 1.77. The molecule has 0 aromatic heterocycles. The van der Waals surface area contributed by atoms with Crippen molar-refractivity contribution in [3.8, 4) is 0 Å². The minimum Gasteiger partial charge on any atom is -0.208 e. The lowest BCUT2D eigenvalue weighted by Gasteiger charge is -2.25. The lowest BCUT2D eigenvalue weighted by molar-refractivity contribution is 0.168. The van der Waals surface area contributed by atoms with Gasteiger partial charge in [0.25, 0.3) is 6.43 Å². The maximum absolute atomic E-state index is 11.8. The zero-order chi connectivity index (χ0) is 7.56. The summed E-state index contributed by atoms with van der Waals surface area (Å²) in [5.41, 5.74) is 0. The quantitative estimate of drug-likeness (QED) is 0.652. The Bertz CT molecular complexity index is 106. The molecule has 0 spiro atoms. The second kappa shape index (κ2) is 3.77. The summed E-state index contributed by atoms with van der Waals surface area (Å²) in [5, 5.41) is -0.176. The lowest BCUT2D eigenvalue weighted by Crippen LogP contribution is -2.21. The van der Waals surface area contributed by atoms with Gasteiger partial charge in [0.05, 0.1) is 0 Å². The lowest BCUT2D eigenvalue weighted by atomic mass is 10.1. The Kier molecular flexibility index (Phi) is 3.24. The number of hydrogen-bond acceptors (Lipinski definition) is 1. The van der Waals surface area contributed by atoms with E-state index in [-0.39, 0.29) is 5.38 Å². The molecule has 1 rings (SSSR count). The summed E-state index contributed by atoms with van der Waals surface area (Å²) in [4.78, 5) is 0. The van der Waals surface area contributed by atoms with Crippen molar-refractivity contribution in [3.63, 3.8) is 0 Å². The van der Waals surface area contributed by atoms with Gasteiger partial charge >= 0.3 is 0 Å². The van der Waals surface area contributed by atoms with Crippen LogP contribution >= 0.6 is 23.4 Å². The Balaban J connectivity index is 2.10. The zero-order valence-corrected chi connectivity index (χ0v) is 6.89. The van der Waals surface area contributed by atoms with Crippen molar-refractivity contribution in [2.45, 2.75) is 12.8 Å². The van der Waals surface area contributed by atoms with E-state index in [9.17, 15) is 8.78 Å². The Morgan fingerprint density at radius 1 is 1.60 bits per heavy atom. The number of alkyl halides is 2. The molecule has 1 fully saturated rings. The molecule has 10 heavy (non-hydrogen) atoms. The average molecular weight is 186 g/mol. The highest BCUT2D eigenvalue weighted by molar-refractivity contribution is 8.00. The highest BCUT2D eigenvalue weighted by Crippen LogP contribution is 2.34. The van der Waals surface area contributed by atoms with E-state index in [0.29, 0.717) is 12.3 Å². The fourth-order valence-corrected chi connectivity index (χ4v) is 1.79. The molecule has 0 aromatic carbocycles. The van der Waals surface area contributed by atoms with Crippen LogP contribution in [0, 0.1) is 11.3 Å². The van der Waals surface area contributed by atoms with Crippen molar-refractivity contribution in [3.05, 3.63) is 5.38 Å². The molecule has 0 saturated carbocycles. The molecule has 0 atom stereocenters. The van der Waals surface area contributed by atoms with Gasteiger partial charge in [-0.2, -0.15) is 11.8 Å². The minimum atomic E-state index is -2.44. The Hall–Kier alpha value is 0.500. The maximum atomic E-state index is 11.8. The van der Waals surface area contributed by atoms with Crippen molar-refractivity contribution in [1.82, 2.24) is 0 Å². The molecule has 0 amide bonds. The van der Waals surface area contributed by atoms with Crippen LogP contribution in [0.4, 0.5) is 8.78 Å². The van der Waals surface area contributed by atoms with E-state index in [0.717, 1.165) is 11.5 Å². The highest BCUT2D eigenvalue weighted by atomic mass is 35.5. The van der Waals surface area contributed by atoms with Crippen molar-refractivity contribution in [2.24, 2.45) is 5.92 Å². The van der Waals surface area contributed by atoms with Gasteiger partial charge < -0.3 is 0 Å². The molecule has 59 valence electrons. The molecule has 4 heteroatoms. The van der Waals surface area contributed by atoms with E-state index < -0.39 is 6.43 Å². The third kappa shape index (κ3) is 2.27. The summed E-state index contributed by atoms with van der Waals surface area (Å²) >= 11 is 7.06. The molecule has 0 aliphatic carbocycles. The smallest absolute Gasteiger partial charge is 0.208 e. The van der Waals surface area contributed by atoms with Crippen LogP contribution in [-0.2, 0) is 0 Å². The molecule has 0 aromatic rings. The standard InChI is InChI=1S/C6H8ClF2S/c7-5(6(8)9)1-4-2-10-3-4/h4,6H,1-3H2. The molecule has 0 N–H and O–H groups in total. The fraction of sp³-hybridized carbons (Fsp3) is 0.833. The van der Waals surface area contributed by atoms with E-state index in [1.165, 1.54) is 0 Å². The first-order valence-corrected chi connectivity index (χ1v) is 4.60. The molecule has 0 bridgehead atoms. The largest absolute Gasteiger partial charge is 0.259 e. The first-order valence-electron chi connectivity index (χ1n) is 3.07. The number of rotatable bonds is 3. The van der Waals surface area contributed by atoms with Gasteiger partial charge in [0.1, 0.15) is 5.38 Å². The summed E-state index contributed by atoms with van der Waals surface area (Å²) in [6.45, 7) is 0. The summed E-state index contributed by atoms with van der Waals surface area (Å²) in [7, 11) is 0. The van der Waals surface area contributed by atoms with Crippen molar-refractivity contribution in [1.29, 1.82) is 0 Å². The van der Waals surface area contributed by atoms with Crippen LogP contribution in [0.5, 0.6) is 0 Å². The molecule has 1 aliphatic heterocycles. The monoisotopic (exact) mass is 185 g/mol. The molecule has 1 heterocycles. The molecular weight excluding hydrogens is 178 g/mol. The second-order valence-electron chi connectivity index (χ2n) is 2.36. The van der Waals surface area contributed by atoms with Gasteiger partial charge in [-0.1, -0.05) is 0 Å². The van der Waals surface area contributed by atoms with Crippen LogP contribution in [0.3, 0.4) is 0 Å². The van der Waals surface area contributed by atoms with Crippen LogP contribution in [0.2, 0.25) is 0 Å². The third-order valence-electron chi connectivity index (χ3n) is 1.43. The van der Waals surface area contributed by atoms with Gasteiger partial charge in [-0.15, -0.1) is 11.6 Å². The van der Waals surface area contributed by atoms with Crippen LogP contribution < -0.4 is 0 Å². The Morgan fingerprint density at radius 3 is 2.50 bits per heavy atom. The van der Waals surface area contributed by atoms with Crippen LogP contribution in [-0.4, -0.2) is 17.9 Å². The maximum Gasteiger partial charge on any atom is 0.259 e. The van der Waals surface area contributed by atoms with Crippen molar-refractivity contribution in [2.75, 3.05) is 11.5 Å². The summed E-state index contributed by atoms with van der Waals surface area (Å²) < 4.78 is 23.5. The number of hydrogen-bond donors (Lipinski definition) is 0. The van der Waals surface area contributed by atoms with Gasteiger partial charge in [0.2, 0.25) is 0 Å². The number of halogens is 3. The molecule has 1 aliphatic rings. The first-order chi connectivity index (χ1) is 4.70. The van der Waals surface area contributed by atoms with Gasteiger partial charge in [-0.05, 0) is 23.8 Å². The first kappa shape index (κ1) is 8.60. The van der Waals surface area contributed by atoms with Crippen LogP contribution in [0.25, 0.3) is 0 Å². The van der Waals surface area contributed by atoms with Gasteiger partial charge in [-0.3, -0.25) is 0 Å². The molecule has 1 saturated heterocycles. The summed E-state index contributed by atoms with van der Waals surface area (Å²) in [5.74, 6) is 2.39. The van der Waals surface area contributed by atoms with Crippen LogP contribution in [0.1, 0.15) is 6.42 Å². The predicted molar refractivity (Wildman–Crippen MR) is 40.5 cm³/mol. The summed E-state index contributed by atoms with van der Waals surface area (Å²) in [6, 6.07) is 0. The van der Waals surface area contributed by atoms with E-state index in [2.05, 4.69) is 0 Å². The predicted octanol–water partition coefficient (Wildman–Crippen LogP) is 2.78. The topological polar surface area (TPSA) is 0 Å². The minimum absolute atomic E-state index is 0.176. The van der Waals surface area contributed by atoms with Gasteiger partial charge in [-0.25, -0.2) is 8.78 Å². The molecule has 0 nitrogen and oxygen atoms in total. The molecular formula is C6H8ClF2S. The third-order valence-corrected chi connectivity index (χ3v) is 3.16. The van der Waals surface area contributed by atoms with Crippen molar-refractivity contribution < 1.29 is 8.78 Å². The Labute approximate surface area is 68.3 Å². The highest BCUT2D eigenvalue weighted by Gasteiger charge is 2.26. The SMILES string of the molecule is FC(F)[C](Cl)CC1CSC1. The van der Waals surface area contributed by atoms with Gasteiger partial charge in [0.15, 0.2) is 0 Å². The van der Waals surface area contributed by atoms with E-state index in [4.69, 9.17) is 11.6 Å². The normalized spacial score (nSPS) is 20.1. The fourth-order valence-electron chi connectivity index (χ4n) is 0.767. The van der Waals surface area contributed by atoms with E-state index in [1.54, 1.807) is 11.8 Å². The number of thioether (sulfide) groups is 1.